The van der Waals surface area contributed by atoms with Crippen molar-refractivity contribution < 1.29 is 19.6 Å². The second-order valence-corrected chi connectivity index (χ2v) is 5.37. The summed E-state index contributed by atoms with van der Waals surface area (Å²) in [7, 11) is 0. The molecule has 1 unspecified atom stereocenters. The molecule has 0 fully saturated rings. The fraction of sp³-hybridized carbons (Fsp3) is 0.235. The normalized spacial score (nSPS) is 16.4. The van der Waals surface area contributed by atoms with Crippen LogP contribution in [0.4, 0.5) is 5.69 Å². The molecule has 0 bridgehead atoms. The fourth-order valence-corrected chi connectivity index (χ4v) is 2.43. The van der Waals surface area contributed by atoms with Gasteiger partial charge in [-0.15, -0.1) is 0 Å². The van der Waals surface area contributed by atoms with Gasteiger partial charge in [-0.25, -0.2) is 0 Å². The average Bonchev–Trinajstić information content (AvgIpc) is 3.09. The van der Waals surface area contributed by atoms with E-state index in [1.54, 1.807) is 12.1 Å². The molecule has 0 aromatic heterocycles. The number of aliphatic hydroxyl groups excluding tert-OH is 1. The SMILES string of the molecule is O=[N+]([O-])c1ccc(C2CC(CO)=NO2)cc1OCc1ccccc1. The van der Waals surface area contributed by atoms with Gasteiger partial charge in [0.25, 0.3) is 0 Å². The molecular formula is C17H16N2O5. The minimum absolute atomic E-state index is 0.101. The van der Waals surface area contributed by atoms with Crippen molar-refractivity contribution in [1.82, 2.24) is 0 Å². The Kier molecular flexibility index (Phi) is 4.72. The molecule has 0 saturated heterocycles. The van der Waals surface area contributed by atoms with Crippen LogP contribution in [0.15, 0.2) is 53.7 Å². The van der Waals surface area contributed by atoms with Crippen molar-refractivity contribution >= 4 is 11.4 Å². The zero-order valence-corrected chi connectivity index (χ0v) is 12.8. The lowest BCUT2D eigenvalue weighted by Crippen LogP contribution is -2.05. The Labute approximate surface area is 138 Å². The topological polar surface area (TPSA) is 94.2 Å². The Morgan fingerprint density at radius 3 is 2.75 bits per heavy atom. The van der Waals surface area contributed by atoms with Gasteiger partial charge in [0.15, 0.2) is 11.9 Å². The lowest BCUT2D eigenvalue weighted by molar-refractivity contribution is -0.386. The minimum atomic E-state index is -0.477. The van der Waals surface area contributed by atoms with Gasteiger partial charge in [-0.1, -0.05) is 35.5 Å². The molecule has 3 rings (SSSR count). The number of hydrogen-bond acceptors (Lipinski definition) is 6. The predicted molar refractivity (Wildman–Crippen MR) is 86.8 cm³/mol. The number of rotatable bonds is 6. The minimum Gasteiger partial charge on any atom is -0.482 e. The third-order valence-corrected chi connectivity index (χ3v) is 3.70. The molecule has 2 aromatic carbocycles. The molecule has 7 nitrogen and oxygen atoms in total. The highest BCUT2D eigenvalue weighted by Crippen LogP contribution is 2.34. The van der Waals surface area contributed by atoms with Gasteiger partial charge >= 0.3 is 5.69 Å². The second kappa shape index (κ2) is 7.10. The molecule has 0 amide bonds. The monoisotopic (exact) mass is 328 g/mol. The summed E-state index contributed by atoms with van der Waals surface area (Å²) in [5.41, 5.74) is 2.08. The molecule has 1 heterocycles. The molecule has 2 aromatic rings. The molecular weight excluding hydrogens is 312 g/mol. The van der Waals surface area contributed by atoms with Crippen molar-refractivity contribution in [3.05, 3.63) is 69.8 Å². The number of benzene rings is 2. The van der Waals surface area contributed by atoms with Gasteiger partial charge in [-0.2, -0.15) is 0 Å². The van der Waals surface area contributed by atoms with E-state index in [1.807, 2.05) is 30.3 Å². The number of nitro groups is 1. The molecule has 1 aliphatic heterocycles. The van der Waals surface area contributed by atoms with Gasteiger partial charge in [0.1, 0.15) is 6.61 Å². The van der Waals surface area contributed by atoms with E-state index in [9.17, 15) is 10.1 Å². The highest BCUT2D eigenvalue weighted by atomic mass is 16.6. The molecule has 24 heavy (non-hydrogen) atoms. The van der Waals surface area contributed by atoms with Crippen LogP contribution in [0.25, 0.3) is 0 Å². The van der Waals surface area contributed by atoms with Crippen LogP contribution < -0.4 is 4.74 Å². The maximum Gasteiger partial charge on any atom is 0.310 e. The smallest absolute Gasteiger partial charge is 0.310 e. The number of nitro benzene ring substituents is 1. The van der Waals surface area contributed by atoms with Gasteiger partial charge in [0, 0.05) is 12.5 Å². The van der Waals surface area contributed by atoms with Crippen LogP contribution in [0, 0.1) is 10.1 Å². The van der Waals surface area contributed by atoms with Gasteiger partial charge in [0.05, 0.1) is 17.2 Å². The molecule has 7 heteroatoms. The van der Waals surface area contributed by atoms with Crippen LogP contribution in [0.2, 0.25) is 0 Å². The molecule has 0 aliphatic carbocycles. The highest BCUT2D eigenvalue weighted by Gasteiger charge is 2.25. The Morgan fingerprint density at radius 1 is 1.29 bits per heavy atom. The van der Waals surface area contributed by atoms with Gasteiger partial charge in [-0.3, -0.25) is 10.1 Å². The maximum atomic E-state index is 11.2. The third-order valence-electron chi connectivity index (χ3n) is 3.70. The van der Waals surface area contributed by atoms with Gasteiger partial charge in [0.2, 0.25) is 0 Å². The number of aliphatic hydroxyl groups is 1. The van der Waals surface area contributed by atoms with Crippen LogP contribution in [0.1, 0.15) is 23.7 Å². The van der Waals surface area contributed by atoms with E-state index in [2.05, 4.69) is 5.16 Å². The zero-order chi connectivity index (χ0) is 16.9. The quantitative estimate of drug-likeness (QED) is 0.650. The summed E-state index contributed by atoms with van der Waals surface area (Å²) in [6, 6.07) is 14.0. The Bertz CT molecular complexity index is 761. The van der Waals surface area contributed by atoms with Crippen LogP contribution in [0.3, 0.4) is 0 Å². The summed E-state index contributed by atoms with van der Waals surface area (Å²) < 4.78 is 5.65. The van der Waals surface area contributed by atoms with Crippen molar-refractivity contribution in [3.8, 4) is 5.75 Å². The Morgan fingerprint density at radius 2 is 2.08 bits per heavy atom. The van der Waals surface area contributed by atoms with E-state index < -0.39 is 4.92 Å². The first kappa shape index (κ1) is 15.9. The van der Waals surface area contributed by atoms with E-state index in [1.165, 1.54) is 6.07 Å². The number of ether oxygens (including phenoxy) is 1. The van der Waals surface area contributed by atoms with Crippen LogP contribution in [-0.4, -0.2) is 22.3 Å². The summed E-state index contributed by atoms with van der Waals surface area (Å²) in [6.07, 6.45) is 0.0823. The molecule has 1 N–H and O–H groups in total. The van der Waals surface area contributed by atoms with E-state index in [-0.39, 0.29) is 30.8 Å². The molecule has 0 radical (unpaired) electrons. The van der Waals surface area contributed by atoms with Crippen molar-refractivity contribution in [2.45, 2.75) is 19.1 Å². The number of nitrogens with zero attached hydrogens (tertiary/aromatic N) is 2. The predicted octanol–water partition coefficient (Wildman–Crippen LogP) is 2.98. The summed E-state index contributed by atoms with van der Waals surface area (Å²) >= 11 is 0. The largest absolute Gasteiger partial charge is 0.482 e. The van der Waals surface area contributed by atoms with Crippen LogP contribution >= 0.6 is 0 Å². The van der Waals surface area contributed by atoms with Crippen LogP contribution in [0.5, 0.6) is 5.75 Å². The van der Waals surface area contributed by atoms with E-state index in [0.29, 0.717) is 12.1 Å². The van der Waals surface area contributed by atoms with E-state index in [4.69, 9.17) is 14.7 Å². The first-order valence-electron chi connectivity index (χ1n) is 7.45. The number of oxime groups is 1. The maximum absolute atomic E-state index is 11.2. The van der Waals surface area contributed by atoms with E-state index >= 15 is 0 Å². The third kappa shape index (κ3) is 3.52. The second-order valence-electron chi connectivity index (χ2n) is 5.37. The molecule has 0 spiro atoms. The van der Waals surface area contributed by atoms with Crippen LogP contribution in [-0.2, 0) is 11.4 Å². The molecule has 0 saturated carbocycles. The summed E-state index contributed by atoms with van der Waals surface area (Å²) in [6.45, 7) is 0.0654. The standard InChI is InChI=1S/C17H16N2O5/c20-10-14-9-16(24-18-14)13-6-7-15(19(21)22)17(8-13)23-11-12-4-2-1-3-5-12/h1-8,16,20H,9-11H2. The molecule has 1 atom stereocenters. The van der Waals surface area contributed by atoms with Crippen molar-refractivity contribution in [2.24, 2.45) is 5.16 Å². The van der Waals surface area contributed by atoms with Crippen molar-refractivity contribution in [1.29, 1.82) is 0 Å². The summed E-state index contributed by atoms with van der Waals surface area (Å²) in [5, 5.41) is 24.1. The summed E-state index contributed by atoms with van der Waals surface area (Å²) in [4.78, 5) is 16.0. The lowest BCUT2D eigenvalue weighted by atomic mass is 10.0. The Hall–Kier alpha value is -2.93. The van der Waals surface area contributed by atoms with Crippen molar-refractivity contribution in [3.63, 3.8) is 0 Å². The average molecular weight is 328 g/mol. The van der Waals surface area contributed by atoms with Crippen molar-refractivity contribution in [2.75, 3.05) is 6.61 Å². The lowest BCUT2D eigenvalue weighted by Gasteiger charge is -2.12. The molecule has 124 valence electrons. The van der Waals surface area contributed by atoms with Gasteiger partial charge in [-0.05, 0) is 23.3 Å². The first-order chi connectivity index (χ1) is 11.7. The zero-order valence-electron chi connectivity index (χ0n) is 12.8. The molecule has 1 aliphatic rings. The van der Waals surface area contributed by atoms with E-state index in [0.717, 1.165) is 11.1 Å². The first-order valence-corrected chi connectivity index (χ1v) is 7.45. The number of hydrogen-bond donors (Lipinski definition) is 1. The summed E-state index contributed by atoms with van der Waals surface area (Å²) in [5.74, 6) is 0.183. The van der Waals surface area contributed by atoms with Gasteiger partial charge < -0.3 is 14.7 Å². The highest BCUT2D eigenvalue weighted by molar-refractivity contribution is 5.86. The fourth-order valence-electron chi connectivity index (χ4n) is 2.43. The Balaban J connectivity index is 1.80.